The summed E-state index contributed by atoms with van der Waals surface area (Å²) in [7, 11) is 0. The number of rotatable bonds is 8. The third-order valence-corrected chi connectivity index (χ3v) is 15.6. The maximum Gasteiger partial charge on any atom is 0.340 e. The van der Waals surface area contributed by atoms with E-state index >= 15 is 0 Å². The van der Waals surface area contributed by atoms with Crippen molar-refractivity contribution in [3.63, 3.8) is 0 Å². The van der Waals surface area contributed by atoms with Crippen molar-refractivity contribution in [2.75, 3.05) is 78.1 Å². The lowest BCUT2D eigenvalue weighted by molar-refractivity contribution is 0.0681. The third-order valence-electron chi connectivity index (χ3n) is 13.9. The second kappa shape index (κ2) is 33.6. The van der Waals surface area contributed by atoms with Crippen LogP contribution in [0.1, 0.15) is 78.2 Å². The number of carbonyl (C=O) groups is 4. The molecule has 4 atom stereocenters. The number of anilines is 5. The number of nitrogens with one attached hydrogen (secondary N) is 4. The van der Waals surface area contributed by atoms with Gasteiger partial charge in [-0.3, -0.25) is 14.4 Å². The van der Waals surface area contributed by atoms with Crippen LogP contribution in [0.25, 0.3) is 21.8 Å². The van der Waals surface area contributed by atoms with Crippen LogP contribution in [0.4, 0.5) is 50.8 Å². The smallest absolute Gasteiger partial charge is 0.340 e. The van der Waals surface area contributed by atoms with Crippen LogP contribution in [-0.2, 0) is 0 Å². The summed E-state index contributed by atoms with van der Waals surface area (Å²) in [4.78, 5) is 94.3. The molecule has 4 aliphatic rings. The van der Waals surface area contributed by atoms with Crippen LogP contribution in [0, 0.1) is 19.8 Å². The molecule has 10 heterocycles. The third kappa shape index (κ3) is 20.7. The number of aromatic amines is 2. The van der Waals surface area contributed by atoms with Gasteiger partial charge in [0.1, 0.15) is 58.8 Å². The van der Waals surface area contributed by atoms with E-state index in [0.29, 0.717) is 110 Å². The average Bonchev–Trinajstić information content (AvgIpc) is 1.82. The number of nitrogens with zero attached hydrogens (tertiary/aromatic N) is 7. The van der Waals surface area contributed by atoms with Gasteiger partial charge in [-0.1, -0.05) is 0 Å². The maximum atomic E-state index is 13.6. The lowest BCUT2D eigenvalue weighted by Crippen LogP contribution is -2.25. The van der Waals surface area contributed by atoms with Gasteiger partial charge in [0.05, 0.1) is 25.2 Å². The van der Waals surface area contributed by atoms with Crippen molar-refractivity contribution in [1.82, 2.24) is 35.2 Å². The number of benzene rings is 2. The lowest BCUT2D eigenvalue weighted by Gasteiger charge is -2.20. The van der Waals surface area contributed by atoms with Gasteiger partial charge < -0.3 is 56.4 Å². The van der Waals surface area contributed by atoms with Gasteiger partial charge in [-0.25, -0.2) is 51.9 Å². The number of fused-ring (bicyclic) bond motifs is 2. The number of aromatic carboxylic acids is 3. The number of hydrogen-bond acceptors (Lipinski definition) is 15. The van der Waals surface area contributed by atoms with Gasteiger partial charge in [0, 0.05) is 114 Å². The maximum absolute atomic E-state index is 13.6. The van der Waals surface area contributed by atoms with Crippen molar-refractivity contribution < 1.29 is 56.4 Å². The Morgan fingerprint density at radius 2 is 0.945 bits per heavy atom. The standard InChI is InChI=1S/C20H18BrFN4O2.2C10H10BrFN2O2.C10H10N2O.C6H3BrFNO2.C4H8FN.ClH/c1-11-6-18(27)25-17-3-2-14(8-15(11)17)24-20(28)16-7-12(21)9-23-19(16)26-5-4-13(22)10-26;2*11-6-3-8(10(15)16)9(13-4-6)14-2-1-7(12)5-14;1-6-4-10(13)12-9-3-2-7(11)5-8(6)9;7-3-1-4(6(10)11)5(8)9-2-3;5-4-1-2-6-3-4;/h2-3,6-9,13H,4-5,10H2,1H3,(H,24,28)(H,25,27);2*3-4,7H,1-2,5H2,(H,15,16);2-5H,11H2,1H3,(H,12,13);1-2H,(H,10,11);4,6H,1-3H2;1H. The molecule has 1 amide bonds. The van der Waals surface area contributed by atoms with Gasteiger partial charge in [-0.15, -0.1) is 12.4 Å². The fourth-order valence-corrected chi connectivity index (χ4v) is 10.9. The van der Waals surface area contributed by atoms with Gasteiger partial charge in [-0.05, 0) is 182 Å². The first kappa shape index (κ1) is 72.4. The Kier molecular flexibility index (Phi) is 26.7. The van der Waals surface area contributed by atoms with Gasteiger partial charge in [0.2, 0.25) is 17.1 Å². The molecule has 4 unspecified atom stereocenters. The quantitative estimate of drug-likeness (QED) is 0.0398. The summed E-state index contributed by atoms with van der Waals surface area (Å²) >= 11 is 12.7. The van der Waals surface area contributed by atoms with Crippen LogP contribution >= 0.6 is 76.1 Å². The monoisotopic (exact) mass is 1540 g/mol. The average molecular weight is 1540 g/mol. The number of carboxylic acid groups (broad SMARTS) is 3. The Morgan fingerprint density at radius 1 is 0.549 bits per heavy atom. The first-order valence-corrected chi connectivity index (χ1v) is 30.7. The number of halogens is 10. The van der Waals surface area contributed by atoms with E-state index in [9.17, 15) is 50.7 Å². The zero-order valence-electron chi connectivity index (χ0n) is 48.3. The summed E-state index contributed by atoms with van der Waals surface area (Å²) in [6.45, 7) is 7.39. The second-order valence-corrected chi connectivity index (χ2v) is 24.4. The summed E-state index contributed by atoms with van der Waals surface area (Å²) < 4.78 is 66.4. The Hall–Kier alpha value is -7.64. The van der Waals surface area contributed by atoms with Crippen LogP contribution in [-0.4, -0.2) is 146 Å². The van der Waals surface area contributed by atoms with Gasteiger partial charge in [-0.2, -0.15) is 4.39 Å². The minimum Gasteiger partial charge on any atom is -0.478 e. The minimum atomic E-state index is -1.32. The molecule has 31 heteroatoms. The summed E-state index contributed by atoms with van der Waals surface area (Å²) in [6.07, 6.45) is 4.57. The number of nitrogen functional groups attached to an aromatic ring is 1. The molecule has 0 spiro atoms. The van der Waals surface area contributed by atoms with Crippen molar-refractivity contribution in [2.24, 2.45) is 0 Å². The van der Waals surface area contributed by atoms with E-state index in [4.69, 9.17) is 21.1 Å². The predicted octanol–water partition coefficient (Wildman–Crippen LogP) is 11.8. The molecule has 9 N–H and O–H groups in total. The molecule has 12 rings (SSSR count). The molecule has 0 bridgehead atoms. The van der Waals surface area contributed by atoms with E-state index in [1.807, 2.05) is 32.0 Å². The number of aromatic nitrogens is 6. The number of carboxylic acids is 3. The summed E-state index contributed by atoms with van der Waals surface area (Å²) in [5, 5.41) is 34.1. The number of alkyl halides is 4. The van der Waals surface area contributed by atoms with Crippen molar-refractivity contribution in [3.05, 3.63) is 176 Å². The van der Waals surface area contributed by atoms with E-state index in [1.54, 1.807) is 51.2 Å². The number of pyridine rings is 6. The summed E-state index contributed by atoms with van der Waals surface area (Å²) in [5.74, 6) is -3.56. The molecule has 4 saturated heterocycles. The highest BCUT2D eigenvalue weighted by Crippen LogP contribution is 2.30. The molecule has 0 radical (unpaired) electrons. The van der Waals surface area contributed by atoms with Crippen LogP contribution in [0.3, 0.4) is 0 Å². The molecule has 0 saturated carbocycles. The van der Waals surface area contributed by atoms with E-state index in [2.05, 4.69) is 104 Å². The van der Waals surface area contributed by atoms with Crippen LogP contribution in [0.2, 0.25) is 0 Å². The zero-order valence-corrected chi connectivity index (χ0v) is 55.5. The molecule has 2 aromatic carbocycles. The molecule has 4 fully saturated rings. The second-order valence-electron chi connectivity index (χ2n) is 20.7. The molecule has 21 nitrogen and oxygen atoms in total. The van der Waals surface area contributed by atoms with Crippen molar-refractivity contribution in [3.8, 4) is 0 Å². The van der Waals surface area contributed by atoms with Crippen molar-refractivity contribution in [1.29, 1.82) is 0 Å². The van der Waals surface area contributed by atoms with Gasteiger partial charge >= 0.3 is 17.9 Å². The molecular weight excluding hydrogens is 1480 g/mol. The Balaban J connectivity index is 0.000000183. The van der Waals surface area contributed by atoms with Crippen molar-refractivity contribution >= 4 is 151 Å². The van der Waals surface area contributed by atoms with Crippen LogP contribution in [0.5, 0.6) is 0 Å². The van der Waals surface area contributed by atoms with E-state index in [1.165, 1.54) is 36.8 Å². The molecular formula is C60H60Br4ClF5N12O9. The lowest BCUT2D eigenvalue weighted by atomic mass is 10.1. The molecule has 0 aliphatic carbocycles. The molecule has 8 aromatic rings. The molecule has 91 heavy (non-hydrogen) atoms. The van der Waals surface area contributed by atoms with E-state index < -0.39 is 54.1 Å². The highest BCUT2D eigenvalue weighted by atomic mass is 79.9. The SMILES string of the molecule is Cc1cc(=O)[nH]c2ccc(N)cc12.Cc1cc(=O)[nH]c2ccc(NC(=O)c3cc(Br)cnc3N3CCC(F)C3)cc12.Cl.FC1CCNC1.O=C(O)c1cc(Br)cnc1F.O=C(O)c1cc(Br)cnc1N1CCC(F)C1.O=C(O)c1cc(Br)cnc1N1CCC(F)C1. The Bertz CT molecular complexity index is 3970. The first-order chi connectivity index (χ1) is 42.7. The van der Waals surface area contributed by atoms with E-state index in [0.717, 1.165) is 40.0 Å². The van der Waals surface area contributed by atoms with Gasteiger partial charge in [0.25, 0.3) is 5.91 Å². The molecule has 6 aromatic heterocycles. The highest BCUT2D eigenvalue weighted by Gasteiger charge is 2.29. The number of amides is 1. The first-order valence-electron chi connectivity index (χ1n) is 27.6. The minimum absolute atomic E-state index is 0. The summed E-state index contributed by atoms with van der Waals surface area (Å²) in [5.41, 5.74) is 10.2. The molecule has 4 aliphatic heterocycles. The largest absolute Gasteiger partial charge is 0.478 e. The Morgan fingerprint density at radius 3 is 1.32 bits per heavy atom. The Labute approximate surface area is 556 Å². The van der Waals surface area contributed by atoms with E-state index in [-0.39, 0.29) is 60.2 Å². The zero-order chi connectivity index (χ0) is 65.5. The van der Waals surface area contributed by atoms with Crippen LogP contribution in [0.15, 0.2) is 125 Å². The van der Waals surface area contributed by atoms with Crippen molar-refractivity contribution in [2.45, 2.75) is 64.2 Å². The number of hydrogen-bond donors (Lipinski definition) is 8. The fourth-order valence-electron chi connectivity index (χ4n) is 9.60. The number of nitrogens with two attached hydrogens (primary N) is 1. The number of H-pyrrole nitrogens is 2. The summed E-state index contributed by atoms with van der Waals surface area (Å²) in [6, 6.07) is 19.7. The highest BCUT2D eigenvalue weighted by molar-refractivity contribution is 9.11. The molecule has 484 valence electrons. The number of aryl methyl sites for hydroxylation is 2. The van der Waals surface area contributed by atoms with Gasteiger partial charge in [0.15, 0.2) is 0 Å². The predicted molar refractivity (Wildman–Crippen MR) is 354 cm³/mol. The van der Waals surface area contributed by atoms with Crippen LogP contribution < -0.4 is 42.2 Å². The normalized spacial score (nSPS) is 17.1. The fraction of sp³-hybridized carbons (Fsp3) is 0.300. The number of carbonyl (C=O) groups excluding carboxylic acids is 1. The topological polar surface area (TPSA) is 306 Å².